The zero-order valence-corrected chi connectivity index (χ0v) is 15.1. The Labute approximate surface area is 159 Å². The summed E-state index contributed by atoms with van der Waals surface area (Å²) in [5, 5.41) is 5.27. The van der Waals surface area contributed by atoms with E-state index in [0.717, 1.165) is 4.57 Å². The quantitative estimate of drug-likeness (QED) is 0.672. The summed E-state index contributed by atoms with van der Waals surface area (Å²) in [4.78, 5) is 52.1. The van der Waals surface area contributed by atoms with Crippen LogP contribution in [0.1, 0.15) is 6.92 Å². The molecule has 3 rings (SSSR count). The van der Waals surface area contributed by atoms with Crippen molar-refractivity contribution < 1.29 is 23.9 Å². The van der Waals surface area contributed by atoms with Gasteiger partial charge in [-0.2, -0.15) is 0 Å². The summed E-state index contributed by atoms with van der Waals surface area (Å²) in [6.45, 7) is 1.09. The van der Waals surface area contributed by atoms with Gasteiger partial charge in [0, 0.05) is 0 Å². The van der Waals surface area contributed by atoms with Gasteiger partial charge >= 0.3 is 18.0 Å². The Morgan fingerprint density at radius 1 is 1.21 bits per heavy atom. The number of urea groups is 1. The van der Waals surface area contributed by atoms with E-state index in [1.165, 1.54) is 6.33 Å². The zero-order chi connectivity index (χ0) is 20.1. The van der Waals surface area contributed by atoms with Crippen molar-refractivity contribution in [2.45, 2.75) is 13.5 Å². The Bertz CT molecular complexity index is 1030. The summed E-state index contributed by atoms with van der Waals surface area (Å²) in [6, 6.07) is 6.26. The number of amides is 2. The molecule has 0 unspecified atom stereocenters. The van der Waals surface area contributed by atoms with Crippen LogP contribution in [0.2, 0.25) is 0 Å². The molecule has 0 spiro atoms. The van der Waals surface area contributed by atoms with E-state index in [2.05, 4.69) is 15.6 Å². The van der Waals surface area contributed by atoms with Crippen LogP contribution in [-0.4, -0.2) is 47.3 Å². The van der Waals surface area contributed by atoms with Crippen LogP contribution in [-0.2, 0) is 25.6 Å². The van der Waals surface area contributed by atoms with Gasteiger partial charge in [0.15, 0.2) is 0 Å². The fourth-order valence-corrected chi connectivity index (χ4v) is 2.62. The molecule has 10 heteroatoms. The fourth-order valence-electron chi connectivity index (χ4n) is 2.62. The lowest BCUT2D eigenvalue weighted by atomic mass is 10.2. The van der Waals surface area contributed by atoms with Gasteiger partial charge in [-0.15, -0.1) is 0 Å². The number of hydrogen-bond acceptors (Lipinski definition) is 7. The van der Waals surface area contributed by atoms with Crippen molar-refractivity contribution >= 4 is 28.9 Å². The van der Waals surface area contributed by atoms with Crippen LogP contribution < -0.4 is 16.2 Å². The number of hydrogen-bond donors (Lipinski definition) is 2. The molecular weight excluding hydrogens is 368 g/mol. The summed E-state index contributed by atoms with van der Waals surface area (Å²) in [7, 11) is 0. The first-order chi connectivity index (χ1) is 13.5. The molecule has 10 nitrogen and oxygen atoms in total. The van der Waals surface area contributed by atoms with E-state index in [4.69, 9.17) is 9.47 Å². The number of esters is 2. The van der Waals surface area contributed by atoms with Gasteiger partial charge in [0.2, 0.25) is 0 Å². The van der Waals surface area contributed by atoms with Crippen molar-refractivity contribution in [3.8, 4) is 0 Å². The van der Waals surface area contributed by atoms with Crippen LogP contribution in [0.5, 0.6) is 0 Å². The van der Waals surface area contributed by atoms with E-state index in [0.29, 0.717) is 10.9 Å². The average molecular weight is 386 g/mol. The predicted octanol–water partition coefficient (Wildman–Crippen LogP) is 0.0697. The summed E-state index contributed by atoms with van der Waals surface area (Å²) in [5.74, 6) is -1.33. The summed E-state index contributed by atoms with van der Waals surface area (Å²) >= 11 is 0. The van der Waals surface area contributed by atoms with Crippen LogP contribution in [0.15, 0.2) is 46.7 Å². The number of ether oxygens (including phenoxy) is 2. The lowest BCUT2D eigenvalue weighted by Crippen LogP contribution is -2.45. The highest BCUT2D eigenvalue weighted by molar-refractivity contribution is 5.93. The van der Waals surface area contributed by atoms with E-state index < -0.39 is 18.0 Å². The molecule has 0 saturated heterocycles. The highest BCUT2D eigenvalue weighted by Crippen LogP contribution is 2.09. The molecule has 2 amide bonds. The largest absolute Gasteiger partial charge is 0.463 e. The van der Waals surface area contributed by atoms with E-state index >= 15 is 0 Å². The number of nitrogens with zero attached hydrogens (tertiary/aromatic N) is 2. The first-order valence-corrected chi connectivity index (χ1v) is 8.53. The number of aromatic nitrogens is 2. The third kappa shape index (κ3) is 4.17. The normalized spacial score (nSPS) is 13.7. The Morgan fingerprint density at radius 3 is 2.79 bits per heavy atom. The van der Waals surface area contributed by atoms with Gasteiger partial charge in [-0.05, 0) is 19.1 Å². The monoisotopic (exact) mass is 386 g/mol. The van der Waals surface area contributed by atoms with Crippen molar-refractivity contribution in [2.24, 2.45) is 0 Å². The second-order valence-electron chi connectivity index (χ2n) is 5.84. The topological polar surface area (TPSA) is 129 Å². The molecule has 1 aromatic heterocycles. The molecule has 2 N–H and O–H groups in total. The van der Waals surface area contributed by atoms with Crippen molar-refractivity contribution in [3.05, 3.63) is 52.2 Å². The minimum absolute atomic E-state index is 0.0361. The molecule has 0 atom stereocenters. The SMILES string of the molecule is CCOC(=O)C1=C(COC(=O)Cn2cnc3ccccc3c2=O)NC(=O)NC1. The standard InChI is InChI=1S/C18H18N4O6/c1-2-27-17(25)12-7-19-18(26)21-14(12)9-28-15(23)8-22-10-20-13-6-4-3-5-11(13)16(22)24/h3-6,10H,2,7-9H2,1H3,(H2,19,21,26). The van der Waals surface area contributed by atoms with Gasteiger partial charge in [-0.3, -0.25) is 14.2 Å². The third-order valence-electron chi connectivity index (χ3n) is 3.98. The second kappa shape index (κ2) is 8.33. The zero-order valence-electron chi connectivity index (χ0n) is 15.1. The van der Waals surface area contributed by atoms with Crippen LogP contribution in [0.4, 0.5) is 4.79 Å². The number of fused-ring (bicyclic) bond motifs is 1. The average Bonchev–Trinajstić information content (AvgIpc) is 2.69. The number of rotatable bonds is 6. The maximum absolute atomic E-state index is 12.4. The van der Waals surface area contributed by atoms with E-state index in [1.807, 2.05) is 0 Å². The molecule has 2 heterocycles. The highest BCUT2D eigenvalue weighted by atomic mass is 16.5. The Hall–Kier alpha value is -3.69. The summed E-state index contributed by atoms with van der Waals surface area (Å²) < 4.78 is 11.2. The molecule has 2 aromatic rings. The van der Waals surface area contributed by atoms with Gasteiger partial charge in [0.25, 0.3) is 5.56 Å². The summed E-state index contributed by atoms with van der Waals surface area (Å²) in [6.07, 6.45) is 1.27. The number of benzene rings is 1. The minimum atomic E-state index is -0.720. The summed E-state index contributed by atoms with van der Waals surface area (Å²) in [5.41, 5.74) is 0.459. The highest BCUT2D eigenvalue weighted by Gasteiger charge is 2.24. The van der Waals surface area contributed by atoms with E-state index in [9.17, 15) is 19.2 Å². The maximum atomic E-state index is 12.4. The Kier molecular flexibility index (Phi) is 5.68. The molecular formula is C18H18N4O6. The number of para-hydroxylation sites is 1. The molecule has 28 heavy (non-hydrogen) atoms. The molecule has 1 aliphatic rings. The van der Waals surface area contributed by atoms with Crippen molar-refractivity contribution in [1.29, 1.82) is 0 Å². The van der Waals surface area contributed by atoms with Gasteiger partial charge < -0.3 is 20.1 Å². The fraction of sp³-hybridized carbons (Fsp3) is 0.278. The number of nitrogens with one attached hydrogen (secondary N) is 2. The number of carbonyl (C=O) groups excluding carboxylic acids is 3. The molecule has 1 aliphatic heterocycles. The van der Waals surface area contributed by atoms with Crippen LogP contribution in [0.25, 0.3) is 10.9 Å². The molecule has 0 aliphatic carbocycles. The number of carbonyl (C=O) groups is 3. The van der Waals surface area contributed by atoms with Crippen LogP contribution >= 0.6 is 0 Å². The van der Waals surface area contributed by atoms with E-state index in [1.54, 1.807) is 31.2 Å². The first kappa shape index (κ1) is 19.1. The molecule has 0 saturated carbocycles. The second-order valence-corrected chi connectivity index (χ2v) is 5.84. The van der Waals surface area contributed by atoms with Crippen LogP contribution in [0.3, 0.4) is 0 Å². The van der Waals surface area contributed by atoms with Gasteiger partial charge in [-0.1, -0.05) is 12.1 Å². The predicted molar refractivity (Wildman–Crippen MR) is 97.2 cm³/mol. The van der Waals surface area contributed by atoms with E-state index in [-0.39, 0.29) is 43.1 Å². The van der Waals surface area contributed by atoms with Gasteiger partial charge in [0.05, 0.1) is 41.7 Å². The van der Waals surface area contributed by atoms with Gasteiger partial charge in [0.1, 0.15) is 13.2 Å². The lowest BCUT2D eigenvalue weighted by Gasteiger charge is -2.21. The molecule has 1 aromatic carbocycles. The molecule has 0 bridgehead atoms. The maximum Gasteiger partial charge on any atom is 0.337 e. The minimum Gasteiger partial charge on any atom is -0.463 e. The third-order valence-corrected chi connectivity index (χ3v) is 3.98. The molecule has 0 radical (unpaired) electrons. The molecule has 146 valence electrons. The first-order valence-electron chi connectivity index (χ1n) is 8.53. The smallest absolute Gasteiger partial charge is 0.337 e. The molecule has 0 fully saturated rings. The van der Waals surface area contributed by atoms with Crippen molar-refractivity contribution in [1.82, 2.24) is 20.2 Å². The Balaban J connectivity index is 1.71. The van der Waals surface area contributed by atoms with Crippen molar-refractivity contribution in [3.63, 3.8) is 0 Å². The van der Waals surface area contributed by atoms with Crippen molar-refractivity contribution in [2.75, 3.05) is 19.8 Å². The van der Waals surface area contributed by atoms with Crippen LogP contribution in [0, 0.1) is 0 Å². The Morgan fingerprint density at radius 2 is 2.00 bits per heavy atom. The lowest BCUT2D eigenvalue weighted by molar-refractivity contribution is -0.144. The van der Waals surface area contributed by atoms with Gasteiger partial charge in [-0.25, -0.2) is 14.6 Å².